The second-order valence-corrected chi connectivity index (χ2v) is 16.8. The summed E-state index contributed by atoms with van der Waals surface area (Å²) in [5.74, 6) is -2.77. The van der Waals surface area contributed by atoms with E-state index in [0.29, 0.717) is 47.7 Å². The van der Waals surface area contributed by atoms with Crippen LogP contribution < -0.4 is 20.1 Å². The summed E-state index contributed by atoms with van der Waals surface area (Å²) in [6.07, 6.45) is 6.08. The summed E-state index contributed by atoms with van der Waals surface area (Å²) < 4.78 is 59.8. The number of halogens is 1. The van der Waals surface area contributed by atoms with Crippen molar-refractivity contribution in [3.05, 3.63) is 66.5 Å². The molecule has 2 aliphatic carbocycles. The first-order chi connectivity index (χ1) is 27.0. The zero-order chi connectivity index (χ0) is 39.2. The number of aromatic nitrogens is 2. The van der Waals surface area contributed by atoms with Gasteiger partial charge in [0.1, 0.15) is 40.6 Å². The van der Waals surface area contributed by atoms with Crippen molar-refractivity contribution < 1.29 is 45.9 Å². The van der Waals surface area contributed by atoms with Gasteiger partial charge in [-0.05, 0) is 56.7 Å². The first-order valence-electron chi connectivity index (χ1n) is 18.8. The molecule has 2 aliphatic heterocycles. The molecule has 4 heterocycles. The number of nitrogens with zero attached hydrogens (tertiary/aromatic N) is 3. The summed E-state index contributed by atoms with van der Waals surface area (Å²) in [5, 5.41) is 5.20. The Kier molecular flexibility index (Phi) is 9.88. The average Bonchev–Trinajstić information content (AvgIpc) is 4.09. The van der Waals surface area contributed by atoms with Gasteiger partial charge in [-0.15, -0.1) is 0 Å². The highest BCUT2D eigenvalue weighted by Gasteiger charge is 2.62. The van der Waals surface area contributed by atoms with Crippen molar-refractivity contribution in [2.75, 3.05) is 13.7 Å². The predicted octanol–water partition coefficient (Wildman–Crippen LogP) is 4.26. The molecule has 8 rings (SSSR count). The molecule has 1 saturated heterocycles. The third-order valence-corrected chi connectivity index (χ3v) is 12.7. The van der Waals surface area contributed by atoms with Gasteiger partial charge in [-0.2, -0.15) is 4.98 Å². The quantitative estimate of drug-likeness (QED) is 0.226. The minimum absolute atomic E-state index is 0.00354. The normalized spacial score (nSPS) is 26.3. The van der Waals surface area contributed by atoms with Crippen molar-refractivity contribution in [1.29, 1.82) is 0 Å². The van der Waals surface area contributed by atoms with Crippen molar-refractivity contribution in [3.63, 3.8) is 0 Å². The first kappa shape index (κ1) is 37.3. The number of sulfonamides is 1. The molecule has 3 fully saturated rings. The van der Waals surface area contributed by atoms with Crippen LogP contribution in [-0.2, 0) is 29.1 Å². The fourth-order valence-corrected chi connectivity index (χ4v) is 8.96. The topological polar surface area (TPSA) is 199 Å². The van der Waals surface area contributed by atoms with Gasteiger partial charge in [0.15, 0.2) is 5.82 Å². The van der Waals surface area contributed by atoms with Crippen LogP contribution >= 0.6 is 0 Å². The minimum Gasteiger partial charge on any atom is -0.470 e. The number of hydrogen-bond donors (Lipinski definition) is 3. The van der Waals surface area contributed by atoms with Crippen LogP contribution in [0, 0.1) is 11.7 Å². The summed E-state index contributed by atoms with van der Waals surface area (Å²) in [6, 6.07) is 10.9. The summed E-state index contributed by atoms with van der Waals surface area (Å²) >= 11 is 0. The zero-order valence-corrected chi connectivity index (χ0v) is 31.3. The molecule has 17 heteroatoms. The van der Waals surface area contributed by atoms with Crippen molar-refractivity contribution in [2.24, 2.45) is 5.92 Å². The third-order valence-electron chi connectivity index (χ3n) is 10.9. The van der Waals surface area contributed by atoms with Crippen LogP contribution in [0.2, 0.25) is 0 Å². The first-order valence-corrected chi connectivity index (χ1v) is 20.3. The number of fused-ring (bicyclic) bond motifs is 5. The molecule has 2 saturated carbocycles. The van der Waals surface area contributed by atoms with Gasteiger partial charge in [0.05, 0.1) is 18.9 Å². The van der Waals surface area contributed by atoms with Crippen molar-refractivity contribution in [1.82, 2.24) is 30.2 Å². The largest absolute Gasteiger partial charge is 0.470 e. The van der Waals surface area contributed by atoms with Gasteiger partial charge < -0.3 is 29.4 Å². The smallest absolute Gasteiger partial charge is 0.407 e. The highest BCUT2D eigenvalue weighted by molar-refractivity contribution is 7.91. The molecule has 4 amide bonds. The monoisotopic (exact) mass is 788 g/mol. The molecule has 2 aromatic carbocycles. The van der Waals surface area contributed by atoms with E-state index in [1.54, 1.807) is 12.1 Å². The van der Waals surface area contributed by atoms with Gasteiger partial charge in [0.2, 0.25) is 27.4 Å². The zero-order valence-electron chi connectivity index (χ0n) is 30.5. The van der Waals surface area contributed by atoms with E-state index in [9.17, 15) is 32.0 Å². The molecule has 4 aromatic rings. The predicted molar refractivity (Wildman–Crippen MR) is 200 cm³/mol. The second-order valence-electron chi connectivity index (χ2n) is 14.8. The lowest BCUT2D eigenvalue weighted by atomic mass is 10.1. The molecule has 0 bridgehead atoms. The number of rotatable bonds is 7. The van der Waals surface area contributed by atoms with Crippen LogP contribution in [0.5, 0.6) is 5.88 Å². The van der Waals surface area contributed by atoms with Crippen LogP contribution in [0.3, 0.4) is 0 Å². The molecular weight excluding hydrogens is 748 g/mol. The number of alkyl carbamates (subject to hydrolysis) is 1. The van der Waals surface area contributed by atoms with E-state index < -0.39 is 74.5 Å². The number of carbonyl (C=O) groups is 4. The Hall–Kier alpha value is -5.58. The number of hydrogen-bond acceptors (Lipinski definition) is 11. The van der Waals surface area contributed by atoms with Crippen LogP contribution in [-0.4, -0.2) is 89.7 Å². The van der Waals surface area contributed by atoms with E-state index in [1.165, 1.54) is 30.2 Å². The average molecular weight is 789 g/mol. The Bertz CT molecular complexity index is 2350. The summed E-state index contributed by atoms with van der Waals surface area (Å²) in [6.45, 7) is -0.129. The van der Waals surface area contributed by atoms with Gasteiger partial charge >= 0.3 is 6.09 Å². The lowest BCUT2D eigenvalue weighted by Gasteiger charge is -2.29. The fourth-order valence-electron chi connectivity index (χ4n) is 7.59. The SMILES string of the molecule is COC(=O)NC1CCCCC/C=C\C2CC2(C(=O)NS(=O)(=O)C2CC2)NC(=O)C2CC(Oc3nc(-c4ccccc4)nc4c3oc3ccc(F)cc34)CN2C1=O. The molecule has 5 unspecified atom stereocenters. The molecular formula is C39H41FN6O9S. The number of allylic oxidation sites excluding steroid dienone is 1. The Morgan fingerprint density at radius 1 is 1.05 bits per heavy atom. The van der Waals surface area contributed by atoms with E-state index in [0.717, 1.165) is 12.8 Å². The number of nitrogens with one attached hydrogen (secondary N) is 3. The Morgan fingerprint density at radius 3 is 2.62 bits per heavy atom. The number of benzene rings is 2. The maximum atomic E-state index is 14.5. The summed E-state index contributed by atoms with van der Waals surface area (Å²) in [5.41, 5.74) is -0.128. The third kappa shape index (κ3) is 7.39. The van der Waals surface area contributed by atoms with E-state index in [4.69, 9.17) is 18.9 Å². The fraction of sp³-hybridized carbons (Fsp3) is 0.436. The van der Waals surface area contributed by atoms with E-state index >= 15 is 0 Å². The molecule has 15 nitrogen and oxygen atoms in total. The number of amides is 4. The van der Waals surface area contributed by atoms with Gasteiger partial charge in [-0.1, -0.05) is 55.3 Å². The number of furan rings is 1. The number of carbonyl (C=O) groups excluding carboxylic acids is 4. The van der Waals surface area contributed by atoms with E-state index in [1.807, 2.05) is 30.4 Å². The highest BCUT2D eigenvalue weighted by atomic mass is 32.2. The Morgan fingerprint density at radius 2 is 1.86 bits per heavy atom. The molecule has 4 aliphatic rings. The molecule has 0 radical (unpaired) electrons. The minimum atomic E-state index is -3.93. The van der Waals surface area contributed by atoms with E-state index in [2.05, 4.69) is 20.3 Å². The molecule has 5 atom stereocenters. The van der Waals surface area contributed by atoms with Crippen LogP contribution in [0.1, 0.15) is 57.8 Å². The lowest BCUT2D eigenvalue weighted by molar-refractivity contribution is -0.141. The van der Waals surface area contributed by atoms with Gasteiger partial charge in [0.25, 0.3) is 11.8 Å². The van der Waals surface area contributed by atoms with Gasteiger partial charge in [-0.25, -0.2) is 22.6 Å². The van der Waals surface area contributed by atoms with Crippen molar-refractivity contribution in [3.8, 4) is 17.3 Å². The van der Waals surface area contributed by atoms with Crippen LogP contribution in [0.25, 0.3) is 33.5 Å². The summed E-state index contributed by atoms with van der Waals surface area (Å²) in [4.78, 5) is 65.7. The maximum Gasteiger partial charge on any atom is 0.407 e. The molecule has 2 aromatic heterocycles. The highest BCUT2D eigenvalue weighted by Crippen LogP contribution is 2.46. The van der Waals surface area contributed by atoms with Crippen molar-refractivity contribution in [2.45, 2.75) is 86.8 Å². The summed E-state index contributed by atoms with van der Waals surface area (Å²) in [7, 11) is -2.74. The maximum absolute atomic E-state index is 14.5. The second kappa shape index (κ2) is 14.8. The Balaban J connectivity index is 1.15. The van der Waals surface area contributed by atoms with Crippen LogP contribution in [0.15, 0.2) is 65.1 Å². The standard InChI is InChI=1S/C39H41FN6O9S/c1-53-38(50)41-28-13-9-4-2-3-8-12-23-20-39(23,37(49)45-56(51,52)26-15-16-26)44-34(47)29-19-25(21-46(29)36(28)48)54-35-32-31(27-18-24(40)14-17-30(27)55-32)42-33(43-35)22-10-6-5-7-11-22/h5-8,10-12,14,17-18,23,25-26,28-29H,2-4,9,13,15-16,19-21H2,1H3,(H,41,50)(H,44,47)(H,45,49)/b12-8-. The number of methoxy groups -OCH3 is 1. The molecule has 294 valence electrons. The molecule has 3 N–H and O–H groups in total. The van der Waals surface area contributed by atoms with Gasteiger partial charge in [-0.3, -0.25) is 19.1 Å². The Labute approximate surface area is 321 Å². The molecule has 0 spiro atoms. The van der Waals surface area contributed by atoms with Gasteiger partial charge in [0, 0.05) is 23.3 Å². The van der Waals surface area contributed by atoms with E-state index in [-0.39, 0.29) is 43.1 Å². The molecule has 56 heavy (non-hydrogen) atoms. The van der Waals surface area contributed by atoms with Crippen LogP contribution in [0.4, 0.5) is 9.18 Å². The number of ether oxygens (including phenoxy) is 2. The lowest BCUT2D eigenvalue weighted by Crippen LogP contribution is -2.58. The van der Waals surface area contributed by atoms with Crippen molar-refractivity contribution >= 4 is 55.9 Å².